The first kappa shape index (κ1) is 29.0. The molecule has 2 aliphatic rings. The van der Waals surface area contributed by atoms with Crippen molar-refractivity contribution in [1.82, 2.24) is 3.80 Å². The van der Waals surface area contributed by atoms with Gasteiger partial charge < -0.3 is 24.8 Å². The molecule has 1 saturated carbocycles. The SMILES string of the molecule is CC1=Cc2c(C(C)C)cc(C(C)C)cc2[CH]1[Ti+2]([NH]C(=O)C1CCCCC1)=[Si](C)C.[Cl-].[Cl-]. The Morgan fingerprint density at radius 3 is 2.16 bits per heavy atom. The molecule has 0 radical (unpaired) electrons. The van der Waals surface area contributed by atoms with Crippen molar-refractivity contribution < 1.29 is 46.5 Å². The monoisotopic (exact) mass is 515 g/mol. The molecule has 1 unspecified atom stereocenters. The molecule has 0 aromatic heterocycles. The summed E-state index contributed by atoms with van der Waals surface area (Å²) in [6, 6.07) is 4.92. The number of carbonyl (C=O) groups excluding carboxylic acids is 1. The summed E-state index contributed by atoms with van der Waals surface area (Å²) in [5.74, 6) is 1.72. The van der Waals surface area contributed by atoms with Crippen LogP contribution in [0.1, 0.15) is 105 Å². The molecule has 1 aromatic rings. The van der Waals surface area contributed by atoms with Crippen LogP contribution in [0.4, 0.5) is 0 Å². The molecule has 0 heterocycles. The zero-order chi connectivity index (χ0) is 21.3. The van der Waals surface area contributed by atoms with E-state index in [9.17, 15) is 4.79 Å². The molecule has 1 aromatic carbocycles. The number of benzene rings is 1. The number of nitrogens with one attached hydrogen (secondary N) is 1. The van der Waals surface area contributed by atoms with Gasteiger partial charge in [-0.05, 0) is 0 Å². The summed E-state index contributed by atoms with van der Waals surface area (Å²) in [7, 11) is 0. The van der Waals surface area contributed by atoms with Crippen molar-refractivity contribution in [3.05, 3.63) is 40.0 Å². The molecule has 0 aliphatic heterocycles. The van der Waals surface area contributed by atoms with E-state index >= 15 is 0 Å². The molecule has 0 saturated heterocycles. The minimum absolute atomic E-state index is 0. The Morgan fingerprint density at radius 1 is 1.03 bits per heavy atom. The van der Waals surface area contributed by atoms with Crippen LogP contribution in [0, 0.1) is 5.92 Å². The van der Waals surface area contributed by atoms with Gasteiger partial charge in [0.2, 0.25) is 0 Å². The number of fused-ring (bicyclic) bond motifs is 1. The Hall–Kier alpha value is -0.0588. The first-order valence-electron chi connectivity index (χ1n) is 11.5. The summed E-state index contributed by atoms with van der Waals surface area (Å²) in [6.45, 7) is 16.4. The van der Waals surface area contributed by atoms with Crippen LogP contribution in [0.5, 0.6) is 0 Å². The van der Waals surface area contributed by atoms with E-state index in [2.05, 4.69) is 69.7 Å². The van der Waals surface area contributed by atoms with E-state index in [1.165, 1.54) is 47.1 Å². The predicted molar refractivity (Wildman–Crippen MR) is 123 cm³/mol. The summed E-state index contributed by atoms with van der Waals surface area (Å²) < 4.78 is 4.23. The van der Waals surface area contributed by atoms with Crippen LogP contribution < -0.4 is 28.6 Å². The standard InChI is InChI=1S/C16H21.C7H13NO.C2H6Si.2ClH.Ti/c1-10(2)13-8-14-6-12(5)7-16(14)15(9-13)11(3)4;8-7(9)6-4-2-1-3-5-6;1-3-2;;;/h6-11H,1-5H3;6H,1-5H2,(H2,8,9);1-2H3;2*1H;/q;;;;;+3/p-3. The average molecular weight is 516 g/mol. The Bertz CT molecular complexity index is 853. The van der Waals surface area contributed by atoms with Crippen LogP contribution in [-0.4, -0.2) is 12.1 Å². The van der Waals surface area contributed by atoms with E-state index < -0.39 is 23.0 Å². The number of rotatable bonds is 5. The van der Waals surface area contributed by atoms with Gasteiger partial charge in [0.1, 0.15) is 0 Å². The third kappa shape index (κ3) is 6.51. The van der Waals surface area contributed by atoms with Crippen LogP contribution in [0.3, 0.4) is 0 Å². The molecule has 6 heteroatoms. The minimum atomic E-state index is -1.80. The fraction of sp³-hybridized carbons (Fsp3) is 0.640. The molecule has 0 bridgehead atoms. The van der Waals surface area contributed by atoms with Crippen molar-refractivity contribution in [2.45, 2.75) is 95.9 Å². The van der Waals surface area contributed by atoms with Gasteiger partial charge in [0.15, 0.2) is 0 Å². The smallest absolute Gasteiger partial charge is 1.00 e. The summed E-state index contributed by atoms with van der Waals surface area (Å²) in [5, 5.41) is 0. The maximum Gasteiger partial charge on any atom is -1.00 e. The van der Waals surface area contributed by atoms with E-state index in [0.717, 1.165) is 12.8 Å². The van der Waals surface area contributed by atoms with Gasteiger partial charge in [-0.2, -0.15) is 0 Å². The van der Waals surface area contributed by atoms with Gasteiger partial charge >= 0.3 is 185 Å². The van der Waals surface area contributed by atoms with Gasteiger partial charge in [-0.3, -0.25) is 0 Å². The normalized spacial score (nSPS) is 17.8. The van der Waals surface area contributed by atoms with Crippen LogP contribution in [0.15, 0.2) is 17.7 Å². The fourth-order valence-corrected chi connectivity index (χ4v) is 14.4. The minimum Gasteiger partial charge on any atom is -1.00 e. The second-order valence-corrected chi connectivity index (χ2v) is 21.5. The van der Waals surface area contributed by atoms with Crippen LogP contribution in [-0.2, 0) is 21.7 Å². The Morgan fingerprint density at radius 2 is 1.65 bits per heavy atom. The second-order valence-electron chi connectivity index (χ2n) is 9.98. The van der Waals surface area contributed by atoms with Crippen molar-refractivity contribution in [2.24, 2.45) is 5.92 Å². The number of carbonyl (C=O) groups is 1. The van der Waals surface area contributed by atoms with E-state index in [-0.39, 0.29) is 30.7 Å². The molecule has 1 atom stereocenters. The molecule has 31 heavy (non-hydrogen) atoms. The van der Waals surface area contributed by atoms with Gasteiger partial charge in [-0.1, -0.05) is 0 Å². The summed E-state index contributed by atoms with van der Waals surface area (Å²) in [6.07, 6.45) is 7.86. The van der Waals surface area contributed by atoms with Gasteiger partial charge in [0.05, 0.1) is 0 Å². The van der Waals surface area contributed by atoms with Crippen LogP contribution >= 0.6 is 0 Å². The van der Waals surface area contributed by atoms with E-state index in [4.69, 9.17) is 0 Å². The molecule has 3 rings (SSSR count). The van der Waals surface area contributed by atoms with Crippen molar-refractivity contribution in [2.75, 3.05) is 0 Å². The summed E-state index contributed by atoms with van der Waals surface area (Å²) in [4.78, 5) is 13.2. The zero-order valence-corrected chi connectivity index (χ0v) is 24.3. The van der Waals surface area contributed by atoms with Gasteiger partial charge in [0, 0.05) is 0 Å². The molecule has 0 spiro atoms. The maximum atomic E-state index is 13.2. The van der Waals surface area contributed by atoms with Crippen LogP contribution in [0.25, 0.3) is 6.08 Å². The molecular formula is C25H39Cl2NOSiTi. The molecule has 172 valence electrons. The van der Waals surface area contributed by atoms with Crippen molar-refractivity contribution in [3.8, 4) is 0 Å². The third-order valence-electron chi connectivity index (χ3n) is 6.75. The predicted octanol–water partition coefficient (Wildman–Crippen LogP) is 0.880. The summed E-state index contributed by atoms with van der Waals surface area (Å²) >= 11 is -1.80. The number of allylic oxidation sites excluding steroid dienone is 1. The Labute approximate surface area is 209 Å². The average Bonchev–Trinajstić information content (AvgIpc) is 3.00. The molecule has 1 N–H and O–H groups in total. The molecule has 1 fully saturated rings. The summed E-state index contributed by atoms with van der Waals surface area (Å²) in [5.41, 5.74) is 7.44. The Balaban J connectivity index is 0.00000240. The number of hydrogen-bond acceptors (Lipinski definition) is 1. The zero-order valence-electron chi connectivity index (χ0n) is 20.2. The third-order valence-corrected chi connectivity index (χ3v) is 17.5. The van der Waals surface area contributed by atoms with Gasteiger partial charge in [0.25, 0.3) is 0 Å². The van der Waals surface area contributed by atoms with E-state index in [0.29, 0.717) is 22.0 Å². The molecular weight excluding hydrogens is 477 g/mol. The quantitative estimate of drug-likeness (QED) is 0.579. The second kappa shape index (κ2) is 12.4. The number of amides is 1. The number of hydrogen-bond donors (Lipinski definition) is 1. The first-order chi connectivity index (χ1) is 13.7. The van der Waals surface area contributed by atoms with E-state index in [1.54, 1.807) is 0 Å². The van der Waals surface area contributed by atoms with Crippen molar-refractivity contribution in [3.63, 3.8) is 0 Å². The maximum absolute atomic E-state index is 13.2. The molecule has 2 aliphatic carbocycles. The number of halogens is 2. The van der Waals surface area contributed by atoms with E-state index in [1.807, 2.05) is 0 Å². The molecule has 2 nitrogen and oxygen atoms in total. The first-order valence-corrected chi connectivity index (χ1v) is 18.1. The fourth-order valence-electron chi connectivity index (χ4n) is 4.96. The largest absolute Gasteiger partial charge is 1.00 e. The Kier molecular flexibility index (Phi) is 11.6. The molecule has 1 amide bonds. The van der Waals surface area contributed by atoms with Gasteiger partial charge in [-0.25, -0.2) is 0 Å². The van der Waals surface area contributed by atoms with Gasteiger partial charge in [-0.15, -0.1) is 0 Å². The van der Waals surface area contributed by atoms with Crippen molar-refractivity contribution >= 4 is 18.2 Å². The topological polar surface area (TPSA) is 29.1 Å². The van der Waals surface area contributed by atoms with Crippen molar-refractivity contribution in [1.29, 1.82) is 0 Å². The van der Waals surface area contributed by atoms with Crippen LogP contribution in [0.2, 0.25) is 13.1 Å².